The van der Waals surface area contributed by atoms with E-state index >= 15 is 0 Å². The number of hydrogen-bond donors (Lipinski definition) is 1. The topological polar surface area (TPSA) is 21.3 Å². The SMILES string of the molecule is CCCCNCc1ccccc1OCc1ccccc1F. The van der Waals surface area contributed by atoms with Crippen molar-refractivity contribution in [2.75, 3.05) is 6.54 Å². The minimum Gasteiger partial charge on any atom is -0.488 e. The summed E-state index contributed by atoms with van der Waals surface area (Å²) in [6, 6.07) is 14.6. The Morgan fingerprint density at radius 2 is 1.71 bits per heavy atom. The van der Waals surface area contributed by atoms with Gasteiger partial charge in [-0.05, 0) is 25.1 Å². The van der Waals surface area contributed by atoms with Gasteiger partial charge in [-0.3, -0.25) is 0 Å². The summed E-state index contributed by atoms with van der Waals surface area (Å²) >= 11 is 0. The maximum atomic E-state index is 13.6. The minimum absolute atomic E-state index is 0.226. The number of nitrogens with one attached hydrogen (secondary N) is 1. The molecule has 0 aromatic heterocycles. The summed E-state index contributed by atoms with van der Waals surface area (Å²) in [6.45, 7) is 4.19. The zero-order valence-corrected chi connectivity index (χ0v) is 12.4. The van der Waals surface area contributed by atoms with Gasteiger partial charge in [0.2, 0.25) is 0 Å². The summed E-state index contributed by atoms with van der Waals surface area (Å²) < 4.78 is 19.4. The first-order valence-corrected chi connectivity index (χ1v) is 7.46. The average molecular weight is 287 g/mol. The number of para-hydroxylation sites is 1. The van der Waals surface area contributed by atoms with Crippen LogP contribution in [-0.4, -0.2) is 6.54 Å². The van der Waals surface area contributed by atoms with Gasteiger partial charge in [-0.1, -0.05) is 49.7 Å². The van der Waals surface area contributed by atoms with Crippen LogP contribution in [0.5, 0.6) is 5.75 Å². The van der Waals surface area contributed by atoms with E-state index in [4.69, 9.17) is 4.74 Å². The first-order chi connectivity index (χ1) is 10.3. The van der Waals surface area contributed by atoms with Gasteiger partial charge in [0.05, 0.1) is 0 Å². The van der Waals surface area contributed by atoms with Crippen LogP contribution in [0, 0.1) is 5.82 Å². The van der Waals surface area contributed by atoms with E-state index in [-0.39, 0.29) is 12.4 Å². The van der Waals surface area contributed by atoms with E-state index in [0.717, 1.165) is 30.8 Å². The van der Waals surface area contributed by atoms with Gasteiger partial charge < -0.3 is 10.1 Å². The number of benzene rings is 2. The highest BCUT2D eigenvalue weighted by Gasteiger charge is 2.05. The summed E-state index contributed by atoms with van der Waals surface area (Å²) in [5.74, 6) is 0.584. The molecular formula is C18H22FNO. The molecule has 0 aliphatic heterocycles. The molecule has 0 aliphatic rings. The number of halogens is 1. The molecule has 0 spiro atoms. The minimum atomic E-state index is -0.226. The van der Waals surface area contributed by atoms with Gasteiger partial charge >= 0.3 is 0 Å². The van der Waals surface area contributed by atoms with Gasteiger partial charge in [0.1, 0.15) is 18.2 Å². The van der Waals surface area contributed by atoms with E-state index in [9.17, 15) is 4.39 Å². The van der Waals surface area contributed by atoms with E-state index in [2.05, 4.69) is 12.2 Å². The van der Waals surface area contributed by atoms with E-state index in [1.54, 1.807) is 12.1 Å². The highest BCUT2D eigenvalue weighted by atomic mass is 19.1. The molecule has 2 aromatic rings. The summed E-state index contributed by atoms with van der Waals surface area (Å²) in [7, 11) is 0. The standard InChI is InChI=1S/C18H22FNO/c1-2-3-12-20-13-15-8-5-7-11-18(15)21-14-16-9-4-6-10-17(16)19/h4-11,20H,2-3,12-14H2,1H3. The molecule has 1 N–H and O–H groups in total. The molecule has 3 heteroatoms. The third kappa shape index (κ3) is 4.87. The Balaban J connectivity index is 1.95. The molecule has 0 saturated carbocycles. The molecule has 2 rings (SSSR count). The molecule has 0 fully saturated rings. The molecule has 0 unspecified atom stereocenters. The molecule has 21 heavy (non-hydrogen) atoms. The van der Waals surface area contributed by atoms with Gasteiger partial charge in [-0.25, -0.2) is 4.39 Å². The number of rotatable bonds is 8. The van der Waals surface area contributed by atoms with Crippen LogP contribution in [-0.2, 0) is 13.2 Å². The van der Waals surface area contributed by atoms with Crippen molar-refractivity contribution in [3.8, 4) is 5.75 Å². The van der Waals surface area contributed by atoms with Gasteiger partial charge in [0.15, 0.2) is 0 Å². The Hall–Kier alpha value is -1.87. The average Bonchev–Trinajstić information content (AvgIpc) is 2.52. The zero-order chi connectivity index (χ0) is 14.9. The van der Waals surface area contributed by atoms with Crippen molar-refractivity contribution in [2.24, 2.45) is 0 Å². The predicted molar refractivity (Wildman–Crippen MR) is 83.8 cm³/mol. The predicted octanol–water partition coefficient (Wildman–Crippen LogP) is 4.29. The van der Waals surface area contributed by atoms with Crippen molar-refractivity contribution in [1.29, 1.82) is 0 Å². The fourth-order valence-electron chi connectivity index (χ4n) is 2.09. The first-order valence-electron chi connectivity index (χ1n) is 7.46. The fraction of sp³-hybridized carbons (Fsp3) is 0.333. The monoisotopic (exact) mass is 287 g/mol. The zero-order valence-electron chi connectivity index (χ0n) is 12.4. The van der Waals surface area contributed by atoms with Crippen molar-refractivity contribution in [1.82, 2.24) is 5.32 Å². The Kier molecular flexibility index (Phi) is 6.22. The van der Waals surface area contributed by atoms with Gasteiger partial charge in [0, 0.05) is 17.7 Å². The second-order valence-electron chi connectivity index (χ2n) is 5.02. The Bertz CT molecular complexity index is 556. The van der Waals surface area contributed by atoms with Gasteiger partial charge in [-0.2, -0.15) is 0 Å². The second-order valence-corrected chi connectivity index (χ2v) is 5.02. The lowest BCUT2D eigenvalue weighted by molar-refractivity contribution is 0.296. The van der Waals surface area contributed by atoms with Crippen LogP contribution >= 0.6 is 0 Å². The highest BCUT2D eigenvalue weighted by molar-refractivity contribution is 5.33. The molecule has 0 saturated heterocycles. The van der Waals surface area contributed by atoms with Crippen molar-refractivity contribution < 1.29 is 9.13 Å². The summed E-state index contributed by atoms with van der Waals surface area (Å²) in [5, 5.41) is 3.40. The largest absolute Gasteiger partial charge is 0.488 e. The maximum absolute atomic E-state index is 13.6. The van der Waals surface area contributed by atoms with Crippen LogP contribution < -0.4 is 10.1 Å². The number of ether oxygens (including phenoxy) is 1. The third-order valence-electron chi connectivity index (χ3n) is 3.34. The van der Waals surface area contributed by atoms with Crippen LogP contribution in [0.25, 0.3) is 0 Å². The molecule has 0 aliphatic carbocycles. The number of hydrogen-bond acceptors (Lipinski definition) is 2. The van der Waals surface area contributed by atoms with Crippen LogP contribution in [0.4, 0.5) is 4.39 Å². The van der Waals surface area contributed by atoms with Crippen molar-refractivity contribution in [3.05, 3.63) is 65.5 Å². The summed E-state index contributed by atoms with van der Waals surface area (Å²) in [6.07, 6.45) is 2.34. The Morgan fingerprint density at radius 1 is 1.00 bits per heavy atom. The Morgan fingerprint density at radius 3 is 2.48 bits per heavy atom. The second kappa shape index (κ2) is 8.42. The molecule has 0 radical (unpaired) electrons. The van der Waals surface area contributed by atoms with Gasteiger partial charge in [-0.15, -0.1) is 0 Å². The van der Waals surface area contributed by atoms with Gasteiger partial charge in [0.25, 0.3) is 0 Å². The molecule has 0 amide bonds. The van der Waals surface area contributed by atoms with Crippen molar-refractivity contribution >= 4 is 0 Å². The normalized spacial score (nSPS) is 10.6. The smallest absolute Gasteiger partial charge is 0.129 e. The molecule has 2 nitrogen and oxygen atoms in total. The lowest BCUT2D eigenvalue weighted by Gasteiger charge is -2.12. The number of unbranched alkanes of at least 4 members (excludes halogenated alkanes) is 1. The van der Waals surface area contributed by atoms with Crippen LogP contribution in [0.1, 0.15) is 30.9 Å². The molecule has 0 heterocycles. The maximum Gasteiger partial charge on any atom is 0.129 e. The quantitative estimate of drug-likeness (QED) is 0.731. The highest BCUT2D eigenvalue weighted by Crippen LogP contribution is 2.20. The van der Waals surface area contributed by atoms with Crippen molar-refractivity contribution in [2.45, 2.75) is 32.9 Å². The fourth-order valence-corrected chi connectivity index (χ4v) is 2.09. The van der Waals surface area contributed by atoms with E-state index in [0.29, 0.717) is 5.56 Å². The Labute approximate surface area is 126 Å². The molecular weight excluding hydrogens is 265 g/mol. The molecule has 112 valence electrons. The van der Waals surface area contributed by atoms with Crippen LogP contribution in [0.2, 0.25) is 0 Å². The third-order valence-corrected chi connectivity index (χ3v) is 3.34. The van der Waals surface area contributed by atoms with Crippen LogP contribution in [0.3, 0.4) is 0 Å². The van der Waals surface area contributed by atoms with Crippen LogP contribution in [0.15, 0.2) is 48.5 Å². The molecule has 2 aromatic carbocycles. The van der Waals surface area contributed by atoms with E-state index < -0.39 is 0 Å². The molecule has 0 atom stereocenters. The van der Waals surface area contributed by atoms with Crippen molar-refractivity contribution in [3.63, 3.8) is 0 Å². The lowest BCUT2D eigenvalue weighted by Crippen LogP contribution is -2.15. The summed E-state index contributed by atoms with van der Waals surface area (Å²) in [5.41, 5.74) is 1.68. The lowest BCUT2D eigenvalue weighted by atomic mass is 10.2. The van der Waals surface area contributed by atoms with E-state index in [1.165, 1.54) is 12.5 Å². The first kappa shape index (κ1) is 15.5. The van der Waals surface area contributed by atoms with E-state index in [1.807, 2.05) is 30.3 Å². The summed E-state index contributed by atoms with van der Waals surface area (Å²) in [4.78, 5) is 0. The molecule has 0 bridgehead atoms.